The van der Waals surface area contributed by atoms with Crippen molar-refractivity contribution in [3.05, 3.63) is 34.0 Å². The van der Waals surface area contributed by atoms with Crippen molar-refractivity contribution in [2.45, 2.75) is 0 Å². The fraction of sp³-hybridized carbons (Fsp3) is 0.111. The fourth-order valence-electron chi connectivity index (χ4n) is 1.32. The van der Waals surface area contributed by atoms with Crippen molar-refractivity contribution < 1.29 is 55.7 Å². The summed E-state index contributed by atoms with van der Waals surface area (Å²) in [7, 11) is 1.21. The second-order valence-corrected chi connectivity index (χ2v) is 3.00. The van der Waals surface area contributed by atoms with E-state index in [4.69, 9.17) is 0 Å². The predicted octanol–water partition coefficient (Wildman–Crippen LogP) is 0.887. The second-order valence-electron chi connectivity index (χ2n) is 3.00. The summed E-state index contributed by atoms with van der Waals surface area (Å²) in [5.41, 5.74) is 0.291. The van der Waals surface area contributed by atoms with Gasteiger partial charge in [0.1, 0.15) is 5.69 Å². The molecule has 8 heteroatoms. The molecule has 85 valence electrons. The minimum Gasteiger partial charge on any atom is -0.574 e. The average Bonchev–Trinajstić information content (AvgIpc) is 2.70. The molecule has 0 unspecified atom stereocenters. The first-order chi connectivity index (χ1) is 7.63. The molecule has 0 fully saturated rings. The summed E-state index contributed by atoms with van der Waals surface area (Å²) in [5.74, 6) is -0.664. The number of esters is 1. The summed E-state index contributed by atoms with van der Waals surface area (Å²) in [6.45, 7) is 0. The van der Waals surface area contributed by atoms with E-state index in [9.17, 15) is 14.9 Å². The van der Waals surface area contributed by atoms with E-state index < -0.39 is 10.9 Å². The normalized spacial score (nSPS) is 9.71. The number of non-ortho nitro benzene ring substituents is 1. The van der Waals surface area contributed by atoms with Crippen molar-refractivity contribution in [1.29, 1.82) is 0 Å². The zero-order valence-electron chi connectivity index (χ0n) is 8.78. The number of benzene rings is 1. The summed E-state index contributed by atoms with van der Waals surface area (Å²) in [6, 6.07) is 3.99. The van der Waals surface area contributed by atoms with Gasteiger partial charge < -0.3 is 14.9 Å². The van der Waals surface area contributed by atoms with Crippen molar-refractivity contribution in [2.24, 2.45) is 0 Å². The van der Waals surface area contributed by atoms with Crippen LogP contribution < -0.4 is 5.10 Å². The van der Waals surface area contributed by atoms with Crippen molar-refractivity contribution >= 4 is 22.6 Å². The summed E-state index contributed by atoms with van der Waals surface area (Å²) in [5, 5.41) is 18.2. The van der Waals surface area contributed by atoms with Gasteiger partial charge in [-0.2, -0.15) is 0 Å². The first kappa shape index (κ1) is 14.0. The quantitative estimate of drug-likeness (QED) is 0.448. The van der Waals surface area contributed by atoms with Crippen LogP contribution in [0.15, 0.2) is 18.2 Å². The Balaban J connectivity index is 0.00000144. The minimum absolute atomic E-state index is 0. The Kier molecular flexibility index (Phi) is 4.53. The van der Waals surface area contributed by atoms with E-state index in [0.717, 1.165) is 0 Å². The molecule has 0 bridgehead atoms. The van der Waals surface area contributed by atoms with Gasteiger partial charge in [-0.3, -0.25) is 10.1 Å². The maximum absolute atomic E-state index is 11.3. The molecule has 2 rings (SSSR count). The van der Waals surface area contributed by atoms with Crippen molar-refractivity contribution in [2.75, 3.05) is 7.11 Å². The van der Waals surface area contributed by atoms with E-state index in [0.29, 0.717) is 10.9 Å². The molecule has 1 aromatic heterocycles. The third-order valence-electron chi connectivity index (χ3n) is 2.08. The molecule has 17 heavy (non-hydrogen) atoms. The first-order valence-electron chi connectivity index (χ1n) is 4.29. The Bertz CT molecular complexity index is 581. The zero-order chi connectivity index (χ0) is 11.7. The third kappa shape index (κ3) is 2.61. The number of ether oxygens (including phenoxy) is 1. The molecule has 0 aliphatic carbocycles. The molecule has 0 N–H and O–H groups in total. The van der Waals surface area contributed by atoms with Gasteiger partial charge in [-0.25, -0.2) is 4.79 Å². The standard InChI is InChI=1S/C9H7N3O4.Pr/c1-16-9(13)8-6-4-5(12(14)15)2-3-7(6)10-11-8;/h2-4H,1H3,(H,10,11,13);/p-1. The van der Waals surface area contributed by atoms with E-state index in [2.05, 4.69) is 14.9 Å². The van der Waals surface area contributed by atoms with Gasteiger partial charge in [-0.05, 0) is 5.39 Å². The molecule has 2 aromatic rings. The third-order valence-corrected chi connectivity index (χ3v) is 2.08. The van der Waals surface area contributed by atoms with Gasteiger partial charge in [-0.1, -0.05) is 6.07 Å². The van der Waals surface area contributed by atoms with Crippen LogP contribution in [0.3, 0.4) is 0 Å². The van der Waals surface area contributed by atoms with E-state index >= 15 is 0 Å². The Labute approximate surface area is 129 Å². The predicted molar refractivity (Wildman–Crippen MR) is 53.1 cm³/mol. The smallest absolute Gasteiger partial charge is 0.355 e. The zero-order valence-corrected chi connectivity index (χ0v) is 12.5. The second kappa shape index (κ2) is 5.51. The molecule has 7 nitrogen and oxygen atoms in total. The van der Waals surface area contributed by atoms with Gasteiger partial charge in [0, 0.05) is 53.4 Å². The molecule has 1 heterocycles. The fourth-order valence-corrected chi connectivity index (χ4v) is 1.32. The number of methoxy groups -OCH3 is 1. The maximum atomic E-state index is 11.3. The summed E-state index contributed by atoms with van der Waals surface area (Å²) < 4.78 is 4.49. The molecule has 0 aliphatic heterocycles. The summed E-state index contributed by atoms with van der Waals surface area (Å²) >= 11 is 0. The Morgan fingerprint density at radius 2 is 2.24 bits per heavy atom. The number of fused-ring (bicyclic) bond motifs is 1. The van der Waals surface area contributed by atoms with Crippen LogP contribution in [0.1, 0.15) is 10.5 Å². The Morgan fingerprint density at radius 3 is 2.82 bits per heavy atom. The number of carbonyl (C=O) groups excluding carboxylic acids is 1. The Hall–Kier alpha value is -1.08. The number of hydrogen-bond acceptors (Lipinski definition) is 5. The largest absolute Gasteiger partial charge is 0.574 e. The molecule has 0 saturated carbocycles. The number of nitro benzene ring substituents is 1. The molecule has 0 spiro atoms. The number of nitro groups is 1. The van der Waals surface area contributed by atoms with Crippen LogP contribution in [0.25, 0.3) is 10.9 Å². The number of nitrogens with zero attached hydrogens (tertiary/aromatic N) is 3. The van der Waals surface area contributed by atoms with E-state index in [1.54, 1.807) is 0 Å². The SMILES string of the molecule is COC(=O)c1n[n-]c2ccc([N+](=O)[O-])cc12.[Pr]. The van der Waals surface area contributed by atoms with Crippen LogP contribution in [0.5, 0.6) is 0 Å². The topological polar surface area (TPSA) is 96.4 Å². The molecule has 0 amide bonds. The summed E-state index contributed by atoms with van der Waals surface area (Å²) in [4.78, 5) is 21.3. The molecule has 0 saturated heterocycles. The molecule has 0 aliphatic rings. The van der Waals surface area contributed by atoms with E-state index in [-0.39, 0.29) is 52.7 Å². The number of rotatable bonds is 2. The average molecular weight is 361 g/mol. The molecule has 1 aromatic carbocycles. The monoisotopic (exact) mass is 361 g/mol. The number of hydrogen-bond donors (Lipinski definition) is 0. The Morgan fingerprint density at radius 1 is 1.53 bits per heavy atom. The van der Waals surface area contributed by atoms with Crippen LogP contribution in [0.2, 0.25) is 0 Å². The molecule has 1 radical (unpaired) electrons. The van der Waals surface area contributed by atoms with Crippen molar-refractivity contribution in [3.8, 4) is 0 Å². The van der Waals surface area contributed by atoms with Crippen molar-refractivity contribution in [3.63, 3.8) is 0 Å². The molecular weight excluding hydrogens is 355 g/mol. The van der Waals surface area contributed by atoms with Crippen LogP contribution in [-0.4, -0.2) is 23.1 Å². The van der Waals surface area contributed by atoms with Gasteiger partial charge in [-0.15, -0.1) is 5.52 Å². The van der Waals surface area contributed by atoms with Gasteiger partial charge in [0.15, 0.2) is 0 Å². The molecular formula is C9H6N3O4Pr-. The number of carbonyl (C=O) groups is 1. The van der Waals surface area contributed by atoms with Crippen LogP contribution in [0, 0.1) is 51.4 Å². The minimum atomic E-state index is -0.664. The van der Waals surface area contributed by atoms with E-state index in [1.165, 1.54) is 25.3 Å². The number of aromatic nitrogens is 2. The van der Waals surface area contributed by atoms with E-state index in [1.807, 2.05) is 0 Å². The van der Waals surface area contributed by atoms with Gasteiger partial charge in [0.25, 0.3) is 5.69 Å². The van der Waals surface area contributed by atoms with Crippen molar-refractivity contribution in [1.82, 2.24) is 10.2 Å². The van der Waals surface area contributed by atoms with Crippen LogP contribution in [0.4, 0.5) is 5.69 Å². The van der Waals surface area contributed by atoms with Gasteiger partial charge >= 0.3 is 5.97 Å². The van der Waals surface area contributed by atoms with Gasteiger partial charge in [0.05, 0.1) is 12.0 Å². The van der Waals surface area contributed by atoms with Gasteiger partial charge in [0.2, 0.25) is 0 Å². The molecule has 0 atom stereocenters. The first-order valence-corrected chi connectivity index (χ1v) is 4.29. The maximum Gasteiger partial charge on any atom is 0.355 e. The van der Waals surface area contributed by atoms with Crippen LogP contribution >= 0.6 is 0 Å². The summed E-state index contributed by atoms with van der Waals surface area (Å²) in [6.07, 6.45) is 0. The van der Waals surface area contributed by atoms with Crippen LogP contribution in [-0.2, 0) is 4.74 Å².